The van der Waals surface area contributed by atoms with Crippen LogP contribution in [-0.2, 0) is 17.8 Å². The molecule has 0 aromatic carbocycles. The zero-order chi connectivity index (χ0) is 21.1. The molecule has 0 bridgehead atoms. The van der Waals surface area contributed by atoms with E-state index in [1.165, 1.54) is 0 Å². The molecule has 158 valence electrons. The van der Waals surface area contributed by atoms with E-state index in [2.05, 4.69) is 31.1 Å². The molecule has 1 N–H and O–H groups in total. The molecule has 0 saturated carbocycles. The van der Waals surface area contributed by atoms with E-state index in [0.717, 1.165) is 36.5 Å². The van der Waals surface area contributed by atoms with Gasteiger partial charge < -0.3 is 14.8 Å². The Kier molecular flexibility index (Phi) is 5.92. The van der Waals surface area contributed by atoms with Crippen LogP contribution in [0.4, 0.5) is 0 Å². The number of aromatic nitrogens is 4. The molecule has 3 heterocycles. The second-order valence-corrected chi connectivity index (χ2v) is 8.20. The molecule has 2 aromatic rings. The summed E-state index contributed by atoms with van der Waals surface area (Å²) in [5, 5.41) is 11.9. The van der Waals surface area contributed by atoms with Crippen LogP contribution in [-0.4, -0.2) is 49.6 Å². The van der Waals surface area contributed by atoms with Crippen LogP contribution in [0.25, 0.3) is 0 Å². The smallest absolute Gasteiger partial charge is 0.270 e. The number of allylic oxidation sites excluding steroid dienone is 1. The van der Waals surface area contributed by atoms with Gasteiger partial charge in [-0.2, -0.15) is 0 Å². The van der Waals surface area contributed by atoms with Gasteiger partial charge in [-0.05, 0) is 37.3 Å². The first kappa shape index (κ1) is 20.3. The zero-order valence-electron chi connectivity index (χ0n) is 17.5. The van der Waals surface area contributed by atoms with Crippen LogP contribution in [0.2, 0.25) is 0 Å². The van der Waals surface area contributed by atoms with E-state index >= 15 is 0 Å². The minimum atomic E-state index is -0.291. The molecule has 1 atom stereocenters. The average Bonchev–Trinajstić information content (AvgIpc) is 3.38. The number of nitrogens with one attached hydrogen (secondary N) is 1. The van der Waals surface area contributed by atoms with Gasteiger partial charge in [0.2, 0.25) is 5.91 Å². The molecule has 0 spiro atoms. The minimum absolute atomic E-state index is 0.121. The predicted molar refractivity (Wildman–Crippen MR) is 112 cm³/mol. The number of carbonyl (C=O) groups excluding carboxylic acids is 2. The number of rotatable bonds is 5. The first-order valence-corrected chi connectivity index (χ1v) is 10.7. The normalized spacial score (nSPS) is 17.3. The molecule has 1 aliphatic carbocycles. The van der Waals surface area contributed by atoms with E-state index in [9.17, 15) is 9.59 Å². The predicted octanol–water partition coefficient (Wildman–Crippen LogP) is 2.30. The first-order valence-electron chi connectivity index (χ1n) is 10.7. The Balaban J connectivity index is 1.51. The summed E-state index contributed by atoms with van der Waals surface area (Å²) in [4.78, 5) is 31.6. The van der Waals surface area contributed by atoms with Crippen LogP contribution in [0.3, 0.4) is 0 Å². The molecule has 8 nitrogen and oxygen atoms in total. The second-order valence-electron chi connectivity index (χ2n) is 8.20. The summed E-state index contributed by atoms with van der Waals surface area (Å²) in [7, 11) is 0. The number of nitrogens with zero attached hydrogens (tertiary/aromatic N) is 5. The fourth-order valence-electron chi connectivity index (χ4n) is 4.09. The van der Waals surface area contributed by atoms with Crippen molar-refractivity contribution >= 4 is 11.8 Å². The number of pyridine rings is 1. The minimum Gasteiger partial charge on any atom is -0.340 e. The quantitative estimate of drug-likeness (QED) is 0.819. The van der Waals surface area contributed by atoms with Crippen LogP contribution < -0.4 is 5.32 Å². The summed E-state index contributed by atoms with van der Waals surface area (Å²) in [6.45, 7) is 5.97. The molecule has 0 fully saturated rings. The standard InChI is InChI=1S/C22H28N6O2/c1-15(2)19(24-21(29)17-9-5-6-11-23-17)20-26-25-18-10-12-27(13-14-28(18)20)22(30)16-7-3-4-8-16/h5-7,9,11,15,19H,3-4,8,10,12-14H2,1-2H3,(H,24,29)/t19-/m0/s1. The van der Waals surface area contributed by atoms with Crippen molar-refractivity contribution in [3.8, 4) is 0 Å². The summed E-state index contributed by atoms with van der Waals surface area (Å²) < 4.78 is 2.07. The number of hydrogen-bond acceptors (Lipinski definition) is 5. The number of hydrogen-bond donors (Lipinski definition) is 1. The molecule has 2 aliphatic rings. The Bertz CT molecular complexity index is 950. The Morgan fingerprint density at radius 3 is 2.67 bits per heavy atom. The molecule has 0 saturated heterocycles. The summed E-state index contributed by atoms with van der Waals surface area (Å²) in [5.74, 6) is 1.63. The number of fused-ring (bicyclic) bond motifs is 1. The monoisotopic (exact) mass is 408 g/mol. The topological polar surface area (TPSA) is 93.0 Å². The molecule has 1 aliphatic heterocycles. The van der Waals surface area contributed by atoms with E-state index < -0.39 is 0 Å². The third-order valence-electron chi connectivity index (χ3n) is 5.79. The van der Waals surface area contributed by atoms with Gasteiger partial charge in [-0.1, -0.05) is 26.0 Å². The maximum atomic E-state index is 12.8. The Hall–Kier alpha value is -3.03. The van der Waals surface area contributed by atoms with Crippen molar-refractivity contribution < 1.29 is 9.59 Å². The summed E-state index contributed by atoms with van der Waals surface area (Å²) >= 11 is 0. The van der Waals surface area contributed by atoms with E-state index in [1.807, 2.05) is 18.7 Å². The second kappa shape index (κ2) is 8.77. The summed E-state index contributed by atoms with van der Waals surface area (Å²) in [6, 6.07) is 4.98. The maximum absolute atomic E-state index is 12.8. The highest BCUT2D eigenvalue weighted by atomic mass is 16.2. The van der Waals surface area contributed by atoms with Crippen molar-refractivity contribution in [2.45, 2.75) is 52.1 Å². The van der Waals surface area contributed by atoms with Crippen LogP contribution in [0.5, 0.6) is 0 Å². The van der Waals surface area contributed by atoms with Crippen LogP contribution >= 0.6 is 0 Å². The van der Waals surface area contributed by atoms with E-state index in [0.29, 0.717) is 31.7 Å². The molecule has 8 heteroatoms. The lowest BCUT2D eigenvalue weighted by Crippen LogP contribution is -2.36. The van der Waals surface area contributed by atoms with Crippen LogP contribution in [0.15, 0.2) is 36.0 Å². The van der Waals surface area contributed by atoms with Gasteiger partial charge in [0.1, 0.15) is 11.5 Å². The van der Waals surface area contributed by atoms with Crippen molar-refractivity contribution in [1.29, 1.82) is 0 Å². The third-order valence-corrected chi connectivity index (χ3v) is 5.79. The Morgan fingerprint density at radius 1 is 1.10 bits per heavy atom. The lowest BCUT2D eigenvalue weighted by molar-refractivity contribution is -0.127. The van der Waals surface area contributed by atoms with Crippen LogP contribution in [0, 0.1) is 5.92 Å². The third kappa shape index (κ3) is 4.13. The van der Waals surface area contributed by atoms with Crippen molar-refractivity contribution in [2.24, 2.45) is 5.92 Å². The molecular weight excluding hydrogens is 380 g/mol. The lowest BCUT2D eigenvalue weighted by Gasteiger charge is -2.23. The van der Waals surface area contributed by atoms with Crippen LogP contribution in [0.1, 0.15) is 61.3 Å². The molecule has 0 radical (unpaired) electrons. The van der Waals surface area contributed by atoms with Gasteiger partial charge in [0.15, 0.2) is 5.82 Å². The maximum Gasteiger partial charge on any atom is 0.270 e. The highest BCUT2D eigenvalue weighted by Gasteiger charge is 2.29. The average molecular weight is 409 g/mol. The lowest BCUT2D eigenvalue weighted by atomic mass is 10.0. The van der Waals surface area contributed by atoms with Gasteiger partial charge in [0, 0.05) is 37.8 Å². The molecular formula is C22H28N6O2. The fraction of sp³-hybridized carbons (Fsp3) is 0.500. The van der Waals surface area contributed by atoms with Gasteiger partial charge in [-0.15, -0.1) is 10.2 Å². The highest BCUT2D eigenvalue weighted by Crippen LogP contribution is 2.24. The largest absolute Gasteiger partial charge is 0.340 e. The first-order chi connectivity index (χ1) is 14.5. The van der Waals surface area contributed by atoms with E-state index in [-0.39, 0.29) is 23.8 Å². The number of carbonyl (C=O) groups is 2. The van der Waals surface area contributed by atoms with Gasteiger partial charge in [0.05, 0.1) is 6.04 Å². The number of amides is 2. The van der Waals surface area contributed by atoms with Gasteiger partial charge in [0.25, 0.3) is 5.91 Å². The Labute approximate surface area is 176 Å². The molecule has 4 rings (SSSR count). The van der Waals surface area contributed by atoms with Crippen molar-refractivity contribution in [2.75, 3.05) is 13.1 Å². The van der Waals surface area contributed by atoms with Gasteiger partial charge in [-0.3, -0.25) is 14.6 Å². The molecule has 2 amide bonds. The SMILES string of the molecule is CC(C)[C@H](NC(=O)c1ccccn1)c1nnc2n1CCN(C(=O)C1=CCCC1)CC2. The molecule has 2 aromatic heterocycles. The molecule has 0 unspecified atom stereocenters. The Morgan fingerprint density at radius 2 is 1.97 bits per heavy atom. The van der Waals surface area contributed by atoms with E-state index in [1.54, 1.807) is 24.4 Å². The van der Waals surface area contributed by atoms with Gasteiger partial charge >= 0.3 is 0 Å². The molecule has 30 heavy (non-hydrogen) atoms. The van der Waals surface area contributed by atoms with Crippen molar-refractivity contribution in [3.05, 3.63) is 53.4 Å². The van der Waals surface area contributed by atoms with E-state index in [4.69, 9.17) is 0 Å². The summed E-state index contributed by atoms with van der Waals surface area (Å²) in [5.41, 5.74) is 1.32. The summed E-state index contributed by atoms with van der Waals surface area (Å²) in [6.07, 6.45) is 7.27. The van der Waals surface area contributed by atoms with Gasteiger partial charge in [-0.25, -0.2) is 0 Å². The van der Waals surface area contributed by atoms with Crippen molar-refractivity contribution in [3.63, 3.8) is 0 Å². The highest BCUT2D eigenvalue weighted by molar-refractivity contribution is 5.94. The fourth-order valence-corrected chi connectivity index (χ4v) is 4.09. The zero-order valence-corrected chi connectivity index (χ0v) is 17.5. The van der Waals surface area contributed by atoms with Crippen molar-refractivity contribution in [1.82, 2.24) is 30.0 Å².